The molecular weight excluding hydrogens is 284 g/mol. The van der Waals surface area contributed by atoms with E-state index >= 15 is 0 Å². The molecule has 1 N–H and O–H groups in total. The van der Waals surface area contributed by atoms with Crippen LogP contribution in [0.3, 0.4) is 0 Å². The van der Waals surface area contributed by atoms with Gasteiger partial charge in [-0.2, -0.15) is 0 Å². The van der Waals surface area contributed by atoms with Crippen molar-refractivity contribution in [2.45, 2.75) is 48.9 Å². The van der Waals surface area contributed by atoms with E-state index in [1.165, 1.54) is 0 Å². The molecule has 1 saturated carbocycles. The number of carbonyl (C=O) groups is 2. The van der Waals surface area contributed by atoms with E-state index < -0.39 is 6.04 Å². The molecule has 1 saturated heterocycles. The molecule has 0 radical (unpaired) electrons. The van der Waals surface area contributed by atoms with Crippen molar-refractivity contribution in [3.63, 3.8) is 0 Å². The Morgan fingerprint density at radius 1 is 1.33 bits per heavy atom. The fraction of sp³-hybridized carbons (Fsp3) is 0.500. The zero-order valence-corrected chi connectivity index (χ0v) is 12.9. The minimum atomic E-state index is -0.395. The van der Waals surface area contributed by atoms with E-state index in [1.54, 1.807) is 16.7 Å². The van der Waals surface area contributed by atoms with Crippen molar-refractivity contribution in [2.75, 3.05) is 0 Å². The van der Waals surface area contributed by atoms with Gasteiger partial charge in [0.2, 0.25) is 5.91 Å². The molecule has 2 aliphatic heterocycles. The van der Waals surface area contributed by atoms with Gasteiger partial charge in [0.05, 0.1) is 0 Å². The maximum atomic E-state index is 12.7. The van der Waals surface area contributed by atoms with Gasteiger partial charge in [-0.3, -0.25) is 9.59 Å². The molecular formula is C16H18N2O2S. The number of benzene rings is 1. The normalized spacial score (nSPS) is 29.2. The molecule has 2 atom stereocenters. The lowest BCUT2D eigenvalue weighted by Crippen LogP contribution is -2.52. The molecule has 0 aromatic heterocycles. The van der Waals surface area contributed by atoms with Gasteiger partial charge in [0, 0.05) is 16.4 Å². The first-order valence-electron chi connectivity index (χ1n) is 7.39. The van der Waals surface area contributed by atoms with Gasteiger partial charge in [0.15, 0.2) is 0 Å². The average Bonchev–Trinajstić information content (AvgIpc) is 3.14. The number of carbonyl (C=O) groups excluding carboxylic acids is 2. The van der Waals surface area contributed by atoms with Crippen molar-refractivity contribution in [1.29, 1.82) is 0 Å². The fourth-order valence-electron chi connectivity index (χ4n) is 3.31. The van der Waals surface area contributed by atoms with Gasteiger partial charge in [-0.25, -0.2) is 0 Å². The SMILES string of the molecule is CC1(C)S[C@H]2c3ccccc3C(=O)N2[C@H]1C(=O)NC1CC1. The Balaban J connectivity index is 1.72. The lowest BCUT2D eigenvalue weighted by Gasteiger charge is -2.29. The van der Waals surface area contributed by atoms with Crippen LogP contribution in [-0.4, -0.2) is 33.5 Å². The molecule has 21 heavy (non-hydrogen) atoms. The van der Waals surface area contributed by atoms with Crippen LogP contribution in [0.25, 0.3) is 0 Å². The number of hydrogen-bond donors (Lipinski definition) is 1. The van der Waals surface area contributed by atoms with Crippen LogP contribution in [0, 0.1) is 0 Å². The summed E-state index contributed by atoms with van der Waals surface area (Å²) in [5, 5.41) is 3.04. The molecule has 0 spiro atoms. The number of fused-ring (bicyclic) bond motifs is 3. The standard InChI is InChI=1S/C16H18N2O2S/c1-16(2)12(13(19)17-9-7-8-9)18-14(20)10-5-3-4-6-11(10)15(18)21-16/h3-6,9,12,15H,7-8H2,1-2H3,(H,17,19)/t12-,15-/m0/s1. The van der Waals surface area contributed by atoms with Crippen LogP contribution in [0.2, 0.25) is 0 Å². The number of nitrogens with zero attached hydrogens (tertiary/aromatic N) is 1. The third-order valence-electron chi connectivity index (χ3n) is 4.47. The Kier molecular flexibility index (Phi) is 2.67. The molecule has 2 heterocycles. The second-order valence-electron chi connectivity index (χ2n) is 6.56. The smallest absolute Gasteiger partial charge is 0.256 e. The van der Waals surface area contributed by atoms with E-state index in [0.717, 1.165) is 24.0 Å². The minimum absolute atomic E-state index is 0.00124. The minimum Gasteiger partial charge on any atom is -0.352 e. The molecule has 2 amide bonds. The van der Waals surface area contributed by atoms with Crippen LogP contribution in [0.15, 0.2) is 24.3 Å². The van der Waals surface area contributed by atoms with E-state index in [9.17, 15) is 9.59 Å². The molecule has 4 rings (SSSR count). The predicted molar refractivity (Wildman–Crippen MR) is 82.0 cm³/mol. The third-order valence-corrected chi connectivity index (χ3v) is 6.00. The van der Waals surface area contributed by atoms with Gasteiger partial charge in [-0.15, -0.1) is 11.8 Å². The molecule has 110 valence electrons. The van der Waals surface area contributed by atoms with Gasteiger partial charge in [-0.1, -0.05) is 18.2 Å². The highest BCUT2D eigenvalue weighted by molar-refractivity contribution is 8.01. The topological polar surface area (TPSA) is 49.4 Å². The summed E-state index contributed by atoms with van der Waals surface area (Å²) in [6.45, 7) is 4.12. The van der Waals surface area contributed by atoms with Crippen LogP contribution in [0.5, 0.6) is 0 Å². The van der Waals surface area contributed by atoms with Gasteiger partial charge >= 0.3 is 0 Å². The van der Waals surface area contributed by atoms with Crippen molar-refractivity contribution in [1.82, 2.24) is 10.2 Å². The number of rotatable bonds is 2. The zero-order valence-electron chi connectivity index (χ0n) is 12.1. The summed E-state index contributed by atoms with van der Waals surface area (Å²) in [5.41, 5.74) is 1.79. The number of hydrogen-bond acceptors (Lipinski definition) is 3. The van der Waals surface area contributed by atoms with Gasteiger partial charge in [0.1, 0.15) is 11.4 Å². The zero-order chi connectivity index (χ0) is 14.8. The van der Waals surface area contributed by atoms with Crippen LogP contribution in [-0.2, 0) is 4.79 Å². The highest BCUT2D eigenvalue weighted by atomic mass is 32.2. The van der Waals surface area contributed by atoms with Crippen molar-refractivity contribution in [3.05, 3.63) is 35.4 Å². The van der Waals surface area contributed by atoms with Crippen LogP contribution in [0.1, 0.15) is 48.0 Å². The van der Waals surface area contributed by atoms with Gasteiger partial charge in [-0.05, 0) is 38.3 Å². The largest absolute Gasteiger partial charge is 0.352 e. The first-order chi connectivity index (χ1) is 9.99. The summed E-state index contributed by atoms with van der Waals surface area (Å²) in [4.78, 5) is 27.1. The molecule has 0 unspecified atom stereocenters. The van der Waals surface area contributed by atoms with E-state index in [1.807, 2.05) is 24.3 Å². The first kappa shape index (κ1) is 13.2. The Morgan fingerprint density at radius 2 is 2.05 bits per heavy atom. The number of amides is 2. The van der Waals surface area contributed by atoms with Crippen molar-refractivity contribution >= 4 is 23.6 Å². The first-order valence-corrected chi connectivity index (χ1v) is 8.27. The third kappa shape index (κ3) is 1.90. The molecule has 1 aliphatic carbocycles. The van der Waals surface area contributed by atoms with E-state index in [4.69, 9.17) is 0 Å². The number of nitrogens with one attached hydrogen (secondary N) is 1. The molecule has 3 aliphatic rings. The lowest BCUT2D eigenvalue weighted by atomic mass is 10.0. The molecule has 1 aromatic rings. The predicted octanol–water partition coefficient (Wildman–Crippen LogP) is 2.31. The summed E-state index contributed by atoms with van der Waals surface area (Å²) < 4.78 is -0.271. The van der Waals surface area contributed by atoms with Crippen LogP contribution >= 0.6 is 11.8 Å². The van der Waals surface area contributed by atoms with Gasteiger partial charge in [0.25, 0.3) is 5.91 Å². The Hall–Kier alpha value is -1.49. The lowest BCUT2D eigenvalue weighted by molar-refractivity contribution is -0.126. The maximum absolute atomic E-state index is 12.7. The Labute approximate surface area is 128 Å². The molecule has 5 heteroatoms. The van der Waals surface area contributed by atoms with E-state index in [2.05, 4.69) is 19.2 Å². The summed E-state index contributed by atoms with van der Waals surface area (Å²) in [6, 6.07) is 7.63. The van der Waals surface area contributed by atoms with Crippen LogP contribution < -0.4 is 5.32 Å². The van der Waals surface area contributed by atoms with Crippen molar-refractivity contribution in [2.24, 2.45) is 0 Å². The monoisotopic (exact) mass is 302 g/mol. The second-order valence-corrected chi connectivity index (χ2v) is 8.29. The summed E-state index contributed by atoms with van der Waals surface area (Å²) in [6.07, 6.45) is 2.12. The Morgan fingerprint density at radius 3 is 2.76 bits per heavy atom. The summed E-state index contributed by atoms with van der Waals surface area (Å²) >= 11 is 1.71. The maximum Gasteiger partial charge on any atom is 0.256 e. The molecule has 1 aromatic carbocycles. The number of thioether (sulfide) groups is 1. The second kappa shape index (κ2) is 4.26. The highest BCUT2D eigenvalue weighted by Gasteiger charge is 2.57. The average molecular weight is 302 g/mol. The summed E-state index contributed by atoms with van der Waals surface area (Å²) in [5.74, 6) is -0.0109. The Bertz CT molecular complexity index is 639. The fourth-order valence-corrected chi connectivity index (χ4v) is 4.90. The van der Waals surface area contributed by atoms with E-state index in [0.29, 0.717) is 6.04 Å². The summed E-state index contributed by atoms with van der Waals surface area (Å²) in [7, 11) is 0. The highest BCUT2D eigenvalue weighted by Crippen LogP contribution is 2.56. The van der Waals surface area contributed by atoms with Crippen molar-refractivity contribution < 1.29 is 9.59 Å². The molecule has 4 nitrogen and oxygen atoms in total. The van der Waals surface area contributed by atoms with Gasteiger partial charge < -0.3 is 10.2 Å². The van der Waals surface area contributed by atoms with E-state index in [-0.39, 0.29) is 21.9 Å². The molecule has 2 fully saturated rings. The van der Waals surface area contributed by atoms with Crippen molar-refractivity contribution in [3.8, 4) is 0 Å². The molecule has 0 bridgehead atoms. The quantitative estimate of drug-likeness (QED) is 0.912. The van der Waals surface area contributed by atoms with Crippen LogP contribution in [0.4, 0.5) is 0 Å².